The van der Waals surface area contributed by atoms with Gasteiger partial charge in [0.15, 0.2) is 0 Å². The third-order valence-corrected chi connectivity index (χ3v) is 4.79. The molecule has 0 spiro atoms. The zero-order chi connectivity index (χ0) is 18.8. The van der Waals surface area contributed by atoms with E-state index in [-0.39, 0.29) is 24.1 Å². The number of para-hydroxylation sites is 2. The number of halogens is 1. The van der Waals surface area contributed by atoms with Crippen molar-refractivity contribution in [3.05, 3.63) is 54.3 Å². The fourth-order valence-corrected chi connectivity index (χ4v) is 3.47. The molecule has 0 radical (unpaired) electrons. The fourth-order valence-electron chi connectivity index (χ4n) is 2.70. The molecule has 0 fully saturated rings. The molecule has 27 heavy (non-hydrogen) atoms. The topological polar surface area (TPSA) is 93.0 Å². The molecular weight excluding hydrogens is 371 g/mol. The van der Waals surface area contributed by atoms with Crippen LogP contribution in [-0.2, 0) is 9.59 Å². The molecule has 0 unspecified atom stereocenters. The number of hydrogen-bond donors (Lipinski definition) is 1. The van der Waals surface area contributed by atoms with Gasteiger partial charge in [0.05, 0.1) is 22.8 Å². The first-order valence-corrected chi connectivity index (χ1v) is 8.97. The van der Waals surface area contributed by atoms with Gasteiger partial charge in [0.25, 0.3) is 0 Å². The molecule has 10 heteroatoms. The van der Waals surface area contributed by atoms with Crippen molar-refractivity contribution < 1.29 is 14.0 Å². The van der Waals surface area contributed by atoms with Crippen LogP contribution >= 0.6 is 11.8 Å². The first-order chi connectivity index (χ1) is 13.1. The predicted molar refractivity (Wildman–Crippen MR) is 97.3 cm³/mol. The van der Waals surface area contributed by atoms with Crippen molar-refractivity contribution in [3.63, 3.8) is 0 Å². The molecule has 8 nitrogen and oxygen atoms in total. The van der Waals surface area contributed by atoms with Gasteiger partial charge in [0.1, 0.15) is 12.4 Å². The summed E-state index contributed by atoms with van der Waals surface area (Å²) in [5.74, 6) is -0.893. The Balaban J connectivity index is 1.51. The maximum Gasteiger partial charge on any atom is 0.244 e. The summed E-state index contributed by atoms with van der Waals surface area (Å²) in [6.07, 6.45) is 0. The van der Waals surface area contributed by atoms with Crippen LogP contribution in [0.2, 0.25) is 0 Å². The van der Waals surface area contributed by atoms with Gasteiger partial charge in [-0.1, -0.05) is 30.0 Å². The minimum absolute atomic E-state index is 0.0251. The van der Waals surface area contributed by atoms with Crippen molar-refractivity contribution in [2.45, 2.75) is 5.16 Å². The quantitative estimate of drug-likeness (QED) is 0.691. The average molecular weight is 384 g/mol. The number of carbonyl (C=O) groups excluding carboxylic acids is 2. The number of thioether (sulfide) groups is 1. The number of rotatable bonds is 4. The smallest absolute Gasteiger partial charge is 0.244 e. The van der Waals surface area contributed by atoms with Gasteiger partial charge in [-0.05, 0) is 40.8 Å². The third kappa shape index (κ3) is 3.51. The van der Waals surface area contributed by atoms with E-state index in [0.717, 1.165) is 11.8 Å². The van der Waals surface area contributed by atoms with E-state index in [1.165, 1.54) is 21.7 Å². The maximum atomic E-state index is 13.4. The van der Waals surface area contributed by atoms with Gasteiger partial charge >= 0.3 is 0 Å². The van der Waals surface area contributed by atoms with E-state index in [1.54, 1.807) is 36.4 Å². The second-order valence-corrected chi connectivity index (χ2v) is 6.63. The molecule has 1 aromatic heterocycles. The van der Waals surface area contributed by atoms with Crippen LogP contribution in [-0.4, -0.2) is 44.3 Å². The second kappa shape index (κ2) is 7.16. The summed E-state index contributed by atoms with van der Waals surface area (Å²) in [7, 11) is 0. The Kier molecular flexibility index (Phi) is 4.55. The highest BCUT2D eigenvalue weighted by Gasteiger charge is 2.27. The van der Waals surface area contributed by atoms with Crippen LogP contribution in [0.4, 0.5) is 15.8 Å². The molecule has 1 N–H and O–H groups in total. The van der Waals surface area contributed by atoms with E-state index in [0.29, 0.717) is 22.2 Å². The summed E-state index contributed by atoms with van der Waals surface area (Å²) in [5, 5.41) is 14.4. The zero-order valence-electron chi connectivity index (χ0n) is 13.9. The molecule has 0 atom stereocenters. The Hall–Kier alpha value is -3.27. The normalized spacial score (nSPS) is 13.2. The Morgan fingerprint density at radius 1 is 1.22 bits per heavy atom. The number of benzene rings is 2. The number of hydrogen-bond acceptors (Lipinski definition) is 6. The maximum absolute atomic E-state index is 13.4. The number of amides is 2. The number of carbonyl (C=O) groups is 2. The molecule has 0 aliphatic carbocycles. The highest BCUT2D eigenvalue weighted by molar-refractivity contribution is 7.99. The number of fused-ring (bicyclic) bond motifs is 1. The van der Waals surface area contributed by atoms with Crippen LogP contribution in [0.3, 0.4) is 0 Å². The molecule has 2 aromatic carbocycles. The van der Waals surface area contributed by atoms with Crippen LogP contribution in [0.25, 0.3) is 5.69 Å². The van der Waals surface area contributed by atoms with Gasteiger partial charge in [0.2, 0.25) is 17.0 Å². The Bertz CT molecular complexity index is 1020. The molecule has 136 valence electrons. The number of aromatic nitrogens is 4. The second-order valence-electron chi connectivity index (χ2n) is 5.69. The van der Waals surface area contributed by atoms with Crippen LogP contribution in [0, 0.1) is 5.82 Å². The lowest BCUT2D eigenvalue weighted by Crippen LogP contribution is -2.43. The molecule has 2 amide bonds. The van der Waals surface area contributed by atoms with Crippen molar-refractivity contribution in [2.75, 3.05) is 22.5 Å². The largest absolute Gasteiger partial charge is 0.323 e. The van der Waals surface area contributed by atoms with Crippen molar-refractivity contribution in [2.24, 2.45) is 0 Å². The van der Waals surface area contributed by atoms with Crippen LogP contribution in [0.15, 0.2) is 53.7 Å². The molecule has 2 heterocycles. The highest BCUT2D eigenvalue weighted by atomic mass is 32.2. The standard InChI is InChI=1S/C17H13FN6O2S/c18-11-4-3-5-12(8-11)24-17(20-21-22-24)27-10-16(26)23-9-15(25)19-13-6-1-2-7-14(13)23/h1-8H,9-10H2,(H,19,25). The lowest BCUT2D eigenvalue weighted by Gasteiger charge is -2.28. The molecular formula is C17H13FN6O2S. The van der Waals surface area contributed by atoms with E-state index in [4.69, 9.17) is 0 Å². The molecule has 0 bridgehead atoms. The summed E-state index contributed by atoms with van der Waals surface area (Å²) in [4.78, 5) is 26.0. The van der Waals surface area contributed by atoms with Crippen molar-refractivity contribution >= 4 is 35.0 Å². The summed E-state index contributed by atoms with van der Waals surface area (Å²) < 4.78 is 14.8. The predicted octanol–water partition coefficient (Wildman–Crippen LogP) is 1.88. The summed E-state index contributed by atoms with van der Waals surface area (Å²) in [6, 6.07) is 12.9. The van der Waals surface area contributed by atoms with Crippen LogP contribution < -0.4 is 10.2 Å². The number of nitrogens with zero attached hydrogens (tertiary/aromatic N) is 5. The number of nitrogens with one attached hydrogen (secondary N) is 1. The molecule has 0 saturated carbocycles. The lowest BCUT2D eigenvalue weighted by atomic mass is 10.2. The number of anilines is 2. The molecule has 3 aromatic rings. The third-order valence-electron chi connectivity index (χ3n) is 3.89. The first kappa shape index (κ1) is 17.2. The van der Waals surface area contributed by atoms with Gasteiger partial charge in [-0.25, -0.2) is 4.39 Å². The fraction of sp³-hybridized carbons (Fsp3) is 0.118. The van der Waals surface area contributed by atoms with E-state index in [2.05, 4.69) is 20.8 Å². The van der Waals surface area contributed by atoms with E-state index < -0.39 is 5.82 Å². The van der Waals surface area contributed by atoms with E-state index >= 15 is 0 Å². The molecule has 0 saturated heterocycles. The number of tetrazole rings is 1. The zero-order valence-corrected chi connectivity index (χ0v) is 14.7. The summed E-state index contributed by atoms with van der Waals surface area (Å²) in [6.45, 7) is -0.0504. The molecule has 4 rings (SSSR count). The first-order valence-electron chi connectivity index (χ1n) is 7.98. The van der Waals surface area contributed by atoms with Gasteiger partial charge in [0, 0.05) is 0 Å². The van der Waals surface area contributed by atoms with Crippen LogP contribution in [0.1, 0.15) is 0 Å². The van der Waals surface area contributed by atoms with Gasteiger partial charge in [-0.3, -0.25) is 9.59 Å². The monoisotopic (exact) mass is 384 g/mol. The average Bonchev–Trinajstić information content (AvgIpc) is 3.14. The van der Waals surface area contributed by atoms with Gasteiger partial charge in [-0.15, -0.1) is 5.10 Å². The molecule has 1 aliphatic heterocycles. The van der Waals surface area contributed by atoms with E-state index in [1.807, 2.05) is 0 Å². The van der Waals surface area contributed by atoms with Gasteiger partial charge in [-0.2, -0.15) is 4.68 Å². The van der Waals surface area contributed by atoms with Crippen molar-refractivity contribution in [1.29, 1.82) is 0 Å². The Morgan fingerprint density at radius 2 is 2.07 bits per heavy atom. The van der Waals surface area contributed by atoms with Crippen LogP contribution in [0.5, 0.6) is 0 Å². The minimum Gasteiger partial charge on any atom is -0.323 e. The highest BCUT2D eigenvalue weighted by Crippen LogP contribution is 2.30. The Morgan fingerprint density at radius 3 is 2.93 bits per heavy atom. The lowest BCUT2D eigenvalue weighted by molar-refractivity contribution is -0.120. The van der Waals surface area contributed by atoms with Gasteiger partial charge < -0.3 is 10.2 Å². The minimum atomic E-state index is -0.411. The van der Waals surface area contributed by atoms with E-state index in [9.17, 15) is 14.0 Å². The summed E-state index contributed by atoms with van der Waals surface area (Å²) >= 11 is 1.11. The summed E-state index contributed by atoms with van der Waals surface area (Å²) in [5.41, 5.74) is 1.70. The van der Waals surface area contributed by atoms with Crippen molar-refractivity contribution in [3.8, 4) is 5.69 Å². The van der Waals surface area contributed by atoms with Crippen molar-refractivity contribution in [1.82, 2.24) is 20.2 Å². The Labute approximate surface area is 157 Å². The molecule has 1 aliphatic rings. The SMILES string of the molecule is O=C1CN(C(=O)CSc2nnnn2-c2cccc(F)c2)c2ccccc2N1.